The normalized spacial score (nSPS) is 41.5. The van der Waals surface area contributed by atoms with Gasteiger partial charge in [-0.15, -0.1) is 0 Å². The van der Waals surface area contributed by atoms with Crippen LogP contribution >= 0.6 is 0 Å². The number of unbranched alkanes of at least 4 members (excludes halogenated alkanes) is 1. The quantitative estimate of drug-likeness (QED) is 0.772. The summed E-state index contributed by atoms with van der Waals surface area (Å²) in [5, 5.41) is 0. The summed E-state index contributed by atoms with van der Waals surface area (Å²) in [6.07, 6.45) is 9.05. The molecule has 0 unspecified atom stereocenters. The number of sulfonamides is 1. The van der Waals surface area contributed by atoms with Crippen molar-refractivity contribution in [2.24, 2.45) is 23.7 Å². The highest BCUT2D eigenvalue weighted by Crippen LogP contribution is 2.55. The van der Waals surface area contributed by atoms with E-state index in [9.17, 15) is 8.42 Å². The van der Waals surface area contributed by atoms with Crippen LogP contribution in [0.4, 0.5) is 0 Å². The van der Waals surface area contributed by atoms with E-state index in [0.717, 1.165) is 68.7 Å². The summed E-state index contributed by atoms with van der Waals surface area (Å²) < 4.78 is 26.5. The van der Waals surface area contributed by atoms with Gasteiger partial charge in [-0.3, -0.25) is 4.90 Å². The first-order valence-electron chi connectivity index (χ1n) is 9.78. The first kappa shape index (κ1) is 16.3. The molecule has 4 saturated carbocycles. The third kappa shape index (κ3) is 3.09. The second-order valence-electron chi connectivity index (χ2n) is 8.53. The van der Waals surface area contributed by atoms with Gasteiger partial charge < -0.3 is 0 Å². The minimum absolute atomic E-state index is 0.335. The lowest BCUT2D eigenvalue weighted by Gasteiger charge is -2.58. The second kappa shape index (κ2) is 6.30. The van der Waals surface area contributed by atoms with Crippen LogP contribution in [0.3, 0.4) is 0 Å². The lowest BCUT2D eigenvalue weighted by Crippen LogP contribution is -2.60. The van der Waals surface area contributed by atoms with Gasteiger partial charge in [-0.05, 0) is 62.2 Å². The van der Waals surface area contributed by atoms with Crippen LogP contribution in [0.2, 0.25) is 0 Å². The van der Waals surface area contributed by atoms with Gasteiger partial charge in [0.2, 0.25) is 10.0 Å². The lowest BCUT2D eigenvalue weighted by molar-refractivity contribution is -0.0720. The summed E-state index contributed by atoms with van der Waals surface area (Å²) in [4.78, 5) is 2.67. The zero-order chi connectivity index (χ0) is 16.0. The molecule has 5 fully saturated rings. The Balaban J connectivity index is 1.37. The van der Waals surface area contributed by atoms with Crippen LogP contribution < -0.4 is 0 Å². The Hall–Kier alpha value is -0.130. The molecule has 1 aliphatic heterocycles. The number of hydrogen-bond acceptors (Lipinski definition) is 3. The molecule has 1 heterocycles. The molecule has 0 N–H and O–H groups in total. The maximum Gasteiger partial charge on any atom is 0.214 e. The molecule has 0 aromatic carbocycles. The van der Waals surface area contributed by atoms with E-state index in [0.29, 0.717) is 5.75 Å². The van der Waals surface area contributed by atoms with Gasteiger partial charge >= 0.3 is 0 Å². The average molecular weight is 341 g/mol. The Labute approximate surface area is 141 Å². The van der Waals surface area contributed by atoms with Crippen LogP contribution in [0, 0.1) is 23.7 Å². The summed E-state index contributed by atoms with van der Waals surface area (Å²) in [5.74, 6) is 4.19. The van der Waals surface area contributed by atoms with E-state index < -0.39 is 10.0 Å². The average Bonchev–Trinajstić information content (AvgIpc) is 2.52. The van der Waals surface area contributed by atoms with Crippen molar-refractivity contribution in [1.82, 2.24) is 9.21 Å². The van der Waals surface area contributed by atoms with Crippen LogP contribution in [0.15, 0.2) is 0 Å². The number of hydrogen-bond donors (Lipinski definition) is 0. The van der Waals surface area contributed by atoms with Crippen molar-refractivity contribution < 1.29 is 8.42 Å². The Bertz CT molecular complexity index is 497. The fourth-order valence-corrected chi connectivity index (χ4v) is 7.86. The highest BCUT2D eigenvalue weighted by molar-refractivity contribution is 7.89. The molecule has 0 aromatic heterocycles. The molecule has 0 radical (unpaired) electrons. The number of rotatable bonds is 5. The third-order valence-corrected chi connectivity index (χ3v) is 8.98. The molecule has 4 aliphatic carbocycles. The summed E-state index contributed by atoms with van der Waals surface area (Å²) in [6, 6.07) is 0.767. The topological polar surface area (TPSA) is 40.6 Å². The minimum atomic E-state index is -3.01. The zero-order valence-electron chi connectivity index (χ0n) is 14.5. The molecule has 0 amide bonds. The molecule has 0 spiro atoms. The molecule has 0 atom stereocenters. The van der Waals surface area contributed by atoms with E-state index in [4.69, 9.17) is 0 Å². The van der Waals surface area contributed by atoms with Crippen LogP contribution in [-0.4, -0.2) is 55.6 Å². The monoisotopic (exact) mass is 340 g/mol. The fraction of sp³-hybridized carbons (Fsp3) is 1.00. The van der Waals surface area contributed by atoms with Gasteiger partial charge in [0.25, 0.3) is 0 Å². The zero-order valence-corrected chi connectivity index (χ0v) is 15.3. The van der Waals surface area contributed by atoms with Gasteiger partial charge in [0.1, 0.15) is 0 Å². The van der Waals surface area contributed by atoms with Crippen molar-refractivity contribution in [3.8, 4) is 0 Å². The van der Waals surface area contributed by atoms with Crippen molar-refractivity contribution in [1.29, 1.82) is 0 Å². The SMILES string of the molecule is CCCCS(=O)(=O)N1CCN(C2C3CC4CC(C3)CC2C4)CC1. The largest absolute Gasteiger partial charge is 0.297 e. The summed E-state index contributed by atoms with van der Waals surface area (Å²) in [5.41, 5.74) is 0. The fourth-order valence-electron chi connectivity index (χ4n) is 6.23. The van der Waals surface area contributed by atoms with Crippen molar-refractivity contribution in [3.63, 3.8) is 0 Å². The first-order valence-corrected chi connectivity index (χ1v) is 11.4. The summed E-state index contributed by atoms with van der Waals surface area (Å²) in [6.45, 7) is 5.40. The Morgan fingerprint density at radius 1 is 0.870 bits per heavy atom. The predicted octanol–water partition coefficient (Wildman–Crippen LogP) is 2.56. The molecular formula is C18H32N2O2S. The van der Waals surface area contributed by atoms with E-state index in [-0.39, 0.29) is 0 Å². The summed E-state index contributed by atoms with van der Waals surface area (Å²) >= 11 is 0. The molecule has 1 saturated heterocycles. The van der Waals surface area contributed by atoms with Crippen molar-refractivity contribution in [3.05, 3.63) is 0 Å². The van der Waals surface area contributed by atoms with E-state index in [1.54, 1.807) is 4.31 Å². The third-order valence-electron chi connectivity index (χ3n) is 7.02. The maximum absolute atomic E-state index is 12.4. The van der Waals surface area contributed by atoms with Gasteiger partial charge in [-0.25, -0.2) is 8.42 Å². The number of nitrogens with zero attached hydrogens (tertiary/aromatic N) is 2. The number of piperazine rings is 1. The van der Waals surface area contributed by atoms with E-state index in [2.05, 4.69) is 11.8 Å². The first-order chi connectivity index (χ1) is 11.1. The Morgan fingerprint density at radius 2 is 1.43 bits per heavy atom. The molecule has 132 valence electrons. The Kier molecular flexibility index (Phi) is 4.48. The van der Waals surface area contributed by atoms with Crippen LogP contribution in [0.5, 0.6) is 0 Å². The van der Waals surface area contributed by atoms with Crippen molar-refractivity contribution in [2.45, 2.75) is 57.9 Å². The standard InChI is InChI=1S/C18H32N2O2S/c1-2-3-8-23(21,22)20-6-4-19(5-7-20)18-16-10-14-9-15(12-16)13-17(18)11-14/h14-18H,2-13H2,1H3. The molecule has 5 aliphatic rings. The minimum Gasteiger partial charge on any atom is -0.297 e. The van der Waals surface area contributed by atoms with Gasteiger partial charge in [-0.2, -0.15) is 4.31 Å². The van der Waals surface area contributed by atoms with Gasteiger partial charge in [0.05, 0.1) is 5.75 Å². The maximum atomic E-state index is 12.4. The Morgan fingerprint density at radius 3 is 1.96 bits per heavy atom. The smallest absolute Gasteiger partial charge is 0.214 e. The van der Waals surface area contributed by atoms with Crippen molar-refractivity contribution in [2.75, 3.05) is 31.9 Å². The molecule has 4 nitrogen and oxygen atoms in total. The molecule has 5 rings (SSSR count). The van der Waals surface area contributed by atoms with Crippen LogP contribution in [0.1, 0.15) is 51.9 Å². The van der Waals surface area contributed by atoms with Gasteiger partial charge in [0, 0.05) is 32.2 Å². The van der Waals surface area contributed by atoms with Crippen LogP contribution in [-0.2, 0) is 10.0 Å². The highest BCUT2D eigenvalue weighted by atomic mass is 32.2. The van der Waals surface area contributed by atoms with Crippen LogP contribution in [0.25, 0.3) is 0 Å². The predicted molar refractivity (Wildman–Crippen MR) is 92.7 cm³/mol. The molecule has 0 aromatic rings. The molecule has 23 heavy (non-hydrogen) atoms. The lowest BCUT2D eigenvalue weighted by atomic mass is 9.54. The van der Waals surface area contributed by atoms with Gasteiger partial charge in [-0.1, -0.05) is 13.3 Å². The van der Waals surface area contributed by atoms with E-state index in [1.165, 1.54) is 32.1 Å². The van der Waals surface area contributed by atoms with Crippen molar-refractivity contribution >= 4 is 10.0 Å². The second-order valence-corrected chi connectivity index (χ2v) is 10.6. The molecule has 4 bridgehead atoms. The van der Waals surface area contributed by atoms with E-state index in [1.807, 2.05) is 0 Å². The molecule has 5 heteroatoms. The molecular weight excluding hydrogens is 308 g/mol. The van der Waals surface area contributed by atoms with Gasteiger partial charge in [0.15, 0.2) is 0 Å². The van der Waals surface area contributed by atoms with E-state index >= 15 is 0 Å². The highest BCUT2D eigenvalue weighted by Gasteiger charge is 2.50. The summed E-state index contributed by atoms with van der Waals surface area (Å²) in [7, 11) is -3.01.